The summed E-state index contributed by atoms with van der Waals surface area (Å²) in [5.41, 5.74) is -1.17. The topological polar surface area (TPSA) is 59.1 Å². The molecule has 0 saturated heterocycles. The summed E-state index contributed by atoms with van der Waals surface area (Å²) in [5.74, 6) is 0.252. The van der Waals surface area contributed by atoms with Crippen LogP contribution < -0.4 is 15.4 Å². The normalized spacial score (nSPS) is 12.0. The van der Waals surface area contributed by atoms with E-state index in [2.05, 4.69) is 20.6 Å². The molecule has 0 spiro atoms. The van der Waals surface area contributed by atoms with E-state index in [1.165, 1.54) is 13.2 Å². The van der Waals surface area contributed by atoms with Gasteiger partial charge in [0.2, 0.25) is 5.95 Å². The first kappa shape index (κ1) is 19.1. The predicted molar refractivity (Wildman–Crippen MR) is 91.7 cm³/mol. The van der Waals surface area contributed by atoms with Crippen LogP contribution in [0.1, 0.15) is 26.5 Å². The predicted octanol–water partition coefficient (Wildman–Crippen LogP) is 5.11. The van der Waals surface area contributed by atoms with Crippen LogP contribution in [0.3, 0.4) is 0 Å². The van der Waals surface area contributed by atoms with E-state index in [1.807, 2.05) is 0 Å². The van der Waals surface area contributed by atoms with E-state index in [4.69, 9.17) is 16.3 Å². The van der Waals surface area contributed by atoms with Crippen LogP contribution in [0.25, 0.3) is 0 Å². The summed E-state index contributed by atoms with van der Waals surface area (Å²) >= 11 is 5.94. The van der Waals surface area contributed by atoms with E-state index in [0.717, 1.165) is 6.07 Å². The van der Waals surface area contributed by atoms with E-state index >= 15 is 0 Å². The minimum absolute atomic E-state index is 0.0327. The third kappa shape index (κ3) is 5.38. The zero-order valence-electron chi connectivity index (χ0n) is 14.1. The molecule has 0 fully saturated rings. The highest BCUT2D eigenvalue weighted by Crippen LogP contribution is 2.33. The smallest absolute Gasteiger partial charge is 0.433 e. The summed E-state index contributed by atoms with van der Waals surface area (Å²) in [6.07, 6.45) is -4.61. The molecule has 0 atom stereocenters. The first-order valence-corrected chi connectivity index (χ1v) is 7.71. The van der Waals surface area contributed by atoms with Crippen molar-refractivity contribution in [2.75, 3.05) is 17.7 Å². The van der Waals surface area contributed by atoms with Crippen LogP contribution in [0.5, 0.6) is 5.75 Å². The molecule has 0 amide bonds. The van der Waals surface area contributed by atoms with Crippen molar-refractivity contribution in [3.63, 3.8) is 0 Å². The molecule has 5 nitrogen and oxygen atoms in total. The van der Waals surface area contributed by atoms with Crippen LogP contribution in [-0.2, 0) is 6.18 Å². The van der Waals surface area contributed by atoms with E-state index < -0.39 is 17.4 Å². The molecule has 0 aliphatic heterocycles. The van der Waals surface area contributed by atoms with Gasteiger partial charge in [-0.2, -0.15) is 18.2 Å². The summed E-state index contributed by atoms with van der Waals surface area (Å²) in [4.78, 5) is 7.65. The fourth-order valence-electron chi connectivity index (χ4n) is 1.96. The molecule has 1 aromatic heterocycles. The number of nitrogens with one attached hydrogen (secondary N) is 2. The molecule has 2 aromatic rings. The van der Waals surface area contributed by atoms with Gasteiger partial charge in [0.05, 0.1) is 12.8 Å². The van der Waals surface area contributed by atoms with Crippen LogP contribution >= 0.6 is 11.6 Å². The average Bonchev–Trinajstić information content (AvgIpc) is 2.44. The van der Waals surface area contributed by atoms with Crippen molar-refractivity contribution in [2.45, 2.75) is 32.5 Å². The van der Waals surface area contributed by atoms with Crippen molar-refractivity contribution in [2.24, 2.45) is 0 Å². The minimum Gasteiger partial charge on any atom is -0.495 e. The Morgan fingerprint density at radius 2 is 1.76 bits per heavy atom. The number of hydrogen-bond donors (Lipinski definition) is 2. The van der Waals surface area contributed by atoms with Gasteiger partial charge in [0, 0.05) is 16.6 Å². The first-order chi connectivity index (χ1) is 11.5. The number of benzene rings is 1. The number of nitrogens with zero attached hydrogens (tertiary/aromatic N) is 2. The standard InChI is InChI=1S/C16H18ClF3N4O/c1-15(2,3)24-14-22-12(16(18,19)20)8-13(23-14)21-10-7-9(17)5-6-11(10)25-4/h5-8H,1-4H3,(H2,21,22,23,24). The summed E-state index contributed by atoms with van der Waals surface area (Å²) in [7, 11) is 1.45. The maximum atomic E-state index is 13.1. The quantitative estimate of drug-likeness (QED) is 0.778. The number of aromatic nitrogens is 2. The van der Waals surface area contributed by atoms with Gasteiger partial charge >= 0.3 is 6.18 Å². The Kier molecular flexibility index (Phi) is 5.31. The van der Waals surface area contributed by atoms with Gasteiger partial charge in [-0.25, -0.2) is 4.98 Å². The van der Waals surface area contributed by atoms with Gasteiger partial charge in [-0.1, -0.05) is 11.6 Å². The lowest BCUT2D eigenvalue weighted by Crippen LogP contribution is -2.28. The Labute approximate surface area is 148 Å². The van der Waals surface area contributed by atoms with E-state index in [-0.39, 0.29) is 11.8 Å². The number of alkyl halides is 3. The zero-order chi connectivity index (χ0) is 18.8. The molecule has 2 rings (SSSR count). The fourth-order valence-corrected chi connectivity index (χ4v) is 2.14. The molecule has 0 radical (unpaired) electrons. The highest BCUT2D eigenvalue weighted by Gasteiger charge is 2.34. The third-order valence-electron chi connectivity index (χ3n) is 2.93. The molecule has 9 heteroatoms. The fraction of sp³-hybridized carbons (Fsp3) is 0.375. The van der Waals surface area contributed by atoms with Gasteiger partial charge in [-0.3, -0.25) is 0 Å². The van der Waals surface area contributed by atoms with E-state index in [9.17, 15) is 13.2 Å². The highest BCUT2D eigenvalue weighted by molar-refractivity contribution is 6.31. The lowest BCUT2D eigenvalue weighted by molar-refractivity contribution is -0.141. The molecule has 0 aliphatic rings. The second-order valence-corrected chi connectivity index (χ2v) is 6.74. The number of methoxy groups -OCH3 is 1. The van der Waals surface area contributed by atoms with Gasteiger partial charge in [0.15, 0.2) is 5.69 Å². The van der Waals surface area contributed by atoms with Crippen molar-refractivity contribution in [1.29, 1.82) is 0 Å². The summed E-state index contributed by atoms with van der Waals surface area (Å²) < 4.78 is 44.6. The third-order valence-corrected chi connectivity index (χ3v) is 3.16. The van der Waals surface area contributed by atoms with Crippen molar-refractivity contribution < 1.29 is 17.9 Å². The second-order valence-electron chi connectivity index (χ2n) is 6.30. The van der Waals surface area contributed by atoms with Crippen LogP contribution in [0, 0.1) is 0 Å². The number of anilines is 3. The maximum Gasteiger partial charge on any atom is 0.433 e. The summed E-state index contributed by atoms with van der Waals surface area (Å²) in [6.45, 7) is 5.39. The van der Waals surface area contributed by atoms with Gasteiger partial charge < -0.3 is 15.4 Å². The monoisotopic (exact) mass is 374 g/mol. The molecule has 0 saturated carbocycles. The van der Waals surface area contributed by atoms with Gasteiger partial charge in [0.25, 0.3) is 0 Å². The van der Waals surface area contributed by atoms with Crippen molar-refractivity contribution >= 4 is 29.1 Å². The molecule has 25 heavy (non-hydrogen) atoms. The van der Waals surface area contributed by atoms with Crippen LogP contribution in [0.4, 0.5) is 30.6 Å². The lowest BCUT2D eigenvalue weighted by Gasteiger charge is -2.22. The molecule has 0 aliphatic carbocycles. The first-order valence-electron chi connectivity index (χ1n) is 7.33. The second kappa shape index (κ2) is 6.95. The van der Waals surface area contributed by atoms with Gasteiger partial charge in [-0.15, -0.1) is 0 Å². The van der Waals surface area contributed by atoms with Crippen LogP contribution in [0.15, 0.2) is 24.3 Å². The van der Waals surface area contributed by atoms with E-state index in [0.29, 0.717) is 16.5 Å². The number of rotatable bonds is 4. The van der Waals surface area contributed by atoms with Crippen molar-refractivity contribution in [3.8, 4) is 5.75 Å². The molecule has 2 N–H and O–H groups in total. The summed E-state index contributed by atoms with van der Waals surface area (Å²) in [6, 6.07) is 5.57. The molecule has 136 valence electrons. The summed E-state index contributed by atoms with van der Waals surface area (Å²) in [5, 5.41) is 6.05. The molecule has 0 unspecified atom stereocenters. The minimum atomic E-state index is -4.61. The van der Waals surface area contributed by atoms with E-state index in [1.54, 1.807) is 32.9 Å². The molecule has 0 bridgehead atoms. The largest absolute Gasteiger partial charge is 0.495 e. The molecular formula is C16H18ClF3N4O. The molecular weight excluding hydrogens is 357 g/mol. The zero-order valence-corrected chi connectivity index (χ0v) is 14.9. The Morgan fingerprint density at radius 3 is 2.32 bits per heavy atom. The molecule has 1 aromatic carbocycles. The molecule has 1 heterocycles. The Balaban J connectivity index is 2.46. The number of hydrogen-bond acceptors (Lipinski definition) is 5. The van der Waals surface area contributed by atoms with Gasteiger partial charge in [0.1, 0.15) is 11.6 Å². The van der Waals surface area contributed by atoms with Crippen LogP contribution in [0.2, 0.25) is 5.02 Å². The van der Waals surface area contributed by atoms with Crippen molar-refractivity contribution in [3.05, 3.63) is 35.0 Å². The number of halogens is 4. The highest BCUT2D eigenvalue weighted by atomic mass is 35.5. The Hall–Kier alpha value is -2.22. The van der Waals surface area contributed by atoms with Gasteiger partial charge in [-0.05, 0) is 39.0 Å². The lowest BCUT2D eigenvalue weighted by atomic mass is 10.1. The SMILES string of the molecule is COc1ccc(Cl)cc1Nc1cc(C(F)(F)F)nc(NC(C)(C)C)n1. The maximum absolute atomic E-state index is 13.1. The Morgan fingerprint density at radius 1 is 1.08 bits per heavy atom. The van der Waals surface area contributed by atoms with Crippen LogP contribution in [-0.4, -0.2) is 22.6 Å². The number of ether oxygens (including phenoxy) is 1. The van der Waals surface area contributed by atoms with Crippen molar-refractivity contribution in [1.82, 2.24) is 9.97 Å². The Bertz CT molecular complexity index is 760. The average molecular weight is 375 g/mol.